The number of hydrogen-bond acceptors (Lipinski definition) is 4. The molecule has 1 saturated carbocycles. The highest BCUT2D eigenvalue weighted by Crippen LogP contribution is 2.25. The quantitative estimate of drug-likeness (QED) is 0.702. The number of likely N-dealkylation sites (N-methyl/N-ethyl adjacent to an activating group) is 1. The van der Waals surface area contributed by atoms with Gasteiger partial charge in [0.15, 0.2) is 0 Å². The normalized spacial score (nSPS) is 27.5. The number of rotatable bonds is 8. The van der Waals surface area contributed by atoms with Crippen LogP contribution < -0.4 is 5.32 Å². The van der Waals surface area contributed by atoms with Crippen molar-refractivity contribution in [3.05, 3.63) is 0 Å². The second-order valence-electron chi connectivity index (χ2n) is 6.45. The second kappa shape index (κ2) is 8.90. The lowest BCUT2D eigenvalue weighted by Gasteiger charge is -2.28. The van der Waals surface area contributed by atoms with Gasteiger partial charge in [0.25, 0.3) is 0 Å². The van der Waals surface area contributed by atoms with Gasteiger partial charge >= 0.3 is 0 Å². The van der Waals surface area contributed by atoms with Crippen LogP contribution in [-0.2, 0) is 4.74 Å². The SMILES string of the molecule is CC1CCCC(OCC(O)CNC(C)CN(C)C)C1. The molecule has 1 aliphatic carbocycles. The van der Waals surface area contributed by atoms with Crippen LogP contribution in [-0.4, -0.2) is 62.0 Å². The fraction of sp³-hybridized carbons (Fsp3) is 1.00. The van der Waals surface area contributed by atoms with Gasteiger partial charge in [-0.2, -0.15) is 0 Å². The smallest absolute Gasteiger partial charge is 0.0897 e. The largest absolute Gasteiger partial charge is 0.389 e. The van der Waals surface area contributed by atoms with Crippen LogP contribution in [0.5, 0.6) is 0 Å². The van der Waals surface area contributed by atoms with Crippen LogP contribution in [0, 0.1) is 5.92 Å². The van der Waals surface area contributed by atoms with Gasteiger partial charge < -0.3 is 20.1 Å². The molecule has 0 aromatic heterocycles. The Morgan fingerprint density at radius 2 is 2.11 bits per heavy atom. The lowest BCUT2D eigenvalue weighted by Crippen LogP contribution is -2.41. The van der Waals surface area contributed by atoms with Gasteiger partial charge in [-0.15, -0.1) is 0 Å². The first kappa shape index (κ1) is 16.9. The summed E-state index contributed by atoms with van der Waals surface area (Å²) < 4.78 is 5.83. The van der Waals surface area contributed by atoms with E-state index in [1.165, 1.54) is 12.8 Å². The summed E-state index contributed by atoms with van der Waals surface area (Å²) in [5, 5.41) is 13.3. The molecular weight excluding hydrogens is 240 g/mol. The van der Waals surface area contributed by atoms with Crippen molar-refractivity contribution in [3.8, 4) is 0 Å². The van der Waals surface area contributed by atoms with Crippen LogP contribution in [0.3, 0.4) is 0 Å². The first-order valence-corrected chi connectivity index (χ1v) is 7.65. The molecule has 0 radical (unpaired) electrons. The van der Waals surface area contributed by atoms with Gasteiger partial charge in [0.05, 0.1) is 18.8 Å². The van der Waals surface area contributed by atoms with E-state index in [0.717, 1.165) is 25.3 Å². The molecular formula is C15H32N2O2. The highest BCUT2D eigenvalue weighted by atomic mass is 16.5. The van der Waals surface area contributed by atoms with E-state index in [2.05, 4.69) is 38.2 Å². The Labute approximate surface area is 118 Å². The number of aliphatic hydroxyl groups is 1. The van der Waals surface area contributed by atoms with Crippen molar-refractivity contribution < 1.29 is 9.84 Å². The summed E-state index contributed by atoms with van der Waals surface area (Å²) in [6.45, 7) is 6.47. The summed E-state index contributed by atoms with van der Waals surface area (Å²) in [4.78, 5) is 2.14. The van der Waals surface area contributed by atoms with Crippen LogP contribution in [0.25, 0.3) is 0 Å². The summed E-state index contributed by atoms with van der Waals surface area (Å²) in [5.74, 6) is 0.772. The zero-order chi connectivity index (χ0) is 14.3. The highest BCUT2D eigenvalue weighted by Gasteiger charge is 2.20. The van der Waals surface area contributed by atoms with E-state index in [0.29, 0.717) is 25.3 Å². The van der Waals surface area contributed by atoms with Crippen LogP contribution in [0.4, 0.5) is 0 Å². The van der Waals surface area contributed by atoms with Crippen LogP contribution in [0.2, 0.25) is 0 Å². The van der Waals surface area contributed by atoms with Gasteiger partial charge in [-0.05, 0) is 39.8 Å². The molecule has 4 heteroatoms. The second-order valence-corrected chi connectivity index (χ2v) is 6.45. The van der Waals surface area contributed by atoms with E-state index >= 15 is 0 Å². The molecule has 4 nitrogen and oxygen atoms in total. The molecule has 114 valence electrons. The van der Waals surface area contributed by atoms with Crippen molar-refractivity contribution in [2.45, 2.75) is 57.8 Å². The Balaban J connectivity index is 2.08. The van der Waals surface area contributed by atoms with E-state index in [-0.39, 0.29) is 0 Å². The molecule has 2 N–H and O–H groups in total. The van der Waals surface area contributed by atoms with Gasteiger partial charge in [0.1, 0.15) is 0 Å². The van der Waals surface area contributed by atoms with Crippen LogP contribution in [0.1, 0.15) is 39.5 Å². The standard InChI is InChI=1S/C15H32N2O2/c1-12-6-5-7-15(8-12)19-11-14(18)9-16-13(2)10-17(3)4/h12-16,18H,5-11H2,1-4H3. The lowest BCUT2D eigenvalue weighted by molar-refractivity contribution is -0.0311. The minimum absolute atomic E-state index is 0.359. The van der Waals surface area contributed by atoms with Gasteiger partial charge in [-0.3, -0.25) is 0 Å². The average Bonchev–Trinajstić information content (AvgIpc) is 2.33. The molecule has 1 fully saturated rings. The van der Waals surface area contributed by atoms with Gasteiger partial charge in [0, 0.05) is 19.1 Å². The molecule has 0 aliphatic heterocycles. The molecule has 0 bridgehead atoms. The minimum atomic E-state index is -0.401. The van der Waals surface area contributed by atoms with Crippen molar-refractivity contribution in [2.75, 3.05) is 33.8 Å². The molecule has 4 unspecified atom stereocenters. The maximum absolute atomic E-state index is 9.93. The monoisotopic (exact) mass is 272 g/mol. The Morgan fingerprint density at radius 1 is 1.37 bits per heavy atom. The fourth-order valence-corrected chi connectivity index (χ4v) is 2.79. The van der Waals surface area contributed by atoms with E-state index in [4.69, 9.17) is 4.74 Å². The van der Waals surface area contributed by atoms with E-state index in [9.17, 15) is 5.11 Å². The van der Waals surface area contributed by atoms with Crippen molar-refractivity contribution in [2.24, 2.45) is 5.92 Å². The van der Waals surface area contributed by atoms with Gasteiger partial charge in [-0.1, -0.05) is 19.8 Å². The maximum Gasteiger partial charge on any atom is 0.0897 e. The molecule has 4 atom stereocenters. The molecule has 0 aromatic rings. The van der Waals surface area contributed by atoms with E-state index in [1.807, 2.05) is 0 Å². The number of aliphatic hydroxyl groups excluding tert-OH is 1. The third-order valence-electron chi connectivity index (χ3n) is 3.75. The molecule has 0 aromatic carbocycles. The first-order chi connectivity index (χ1) is 8.97. The summed E-state index contributed by atoms with van der Waals surface area (Å²) in [7, 11) is 4.12. The zero-order valence-electron chi connectivity index (χ0n) is 13.1. The van der Waals surface area contributed by atoms with Crippen molar-refractivity contribution in [1.82, 2.24) is 10.2 Å². The first-order valence-electron chi connectivity index (χ1n) is 7.65. The molecule has 1 rings (SSSR count). The number of nitrogens with zero attached hydrogens (tertiary/aromatic N) is 1. The van der Waals surface area contributed by atoms with Crippen molar-refractivity contribution in [1.29, 1.82) is 0 Å². The Morgan fingerprint density at radius 3 is 2.74 bits per heavy atom. The Bertz CT molecular complexity index is 236. The van der Waals surface area contributed by atoms with Gasteiger partial charge in [0.2, 0.25) is 0 Å². The van der Waals surface area contributed by atoms with Crippen molar-refractivity contribution >= 4 is 0 Å². The molecule has 0 spiro atoms. The maximum atomic E-state index is 9.93. The third kappa shape index (κ3) is 7.88. The summed E-state index contributed by atoms with van der Waals surface area (Å²) in [5.41, 5.74) is 0. The van der Waals surface area contributed by atoms with Crippen LogP contribution in [0.15, 0.2) is 0 Å². The molecule has 0 amide bonds. The molecule has 0 saturated heterocycles. The predicted octanol–water partition coefficient (Wildman–Crippen LogP) is 1.48. The Hall–Kier alpha value is -0.160. The number of nitrogens with one attached hydrogen (secondary N) is 1. The number of ether oxygens (including phenoxy) is 1. The zero-order valence-corrected chi connectivity index (χ0v) is 13.1. The topological polar surface area (TPSA) is 44.7 Å². The summed E-state index contributed by atoms with van der Waals surface area (Å²) in [6.07, 6.45) is 4.85. The summed E-state index contributed by atoms with van der Waals surface area (Å²) in [6, 6.07) is 0.388. The molecule has 0 heterocycles. The van der Waals surface area contributed by atoms with Crippen LogP contribution >= 0.6 is 0 Å². The number of hydrogen-bond donors (Lipinski definition) is 2. The minimum Gasteiger partial charge on any atom is -0.389 e. The lowest BCUT2D eigenvalue weighted by atomic mass is 9.89. The van der Waals surface area contributed by atoms with Gasteiger partial charge in [-0.25, -0.2) is 0 Å². The fourth-order valence-electron chi connectivity index (χ4n) is 2.79. The van der Waals surface area contributed by atoms with E-state index in [1.54, 1.807) is 0 Å². The molecule has 1 aliphatic rings. The van der Waals surface area contributed by atoms with E-state index < -0.39 is 6.10 Å². The average molecular weight is 272 g/mol. The highest BCUT2D eigenvalue weighted by molar-refractivity contribution is 4.72. The molecule has 19 heavy (non-hydrogen) atoms. The van der Waals surface area contributed by atoms with Crippen molar-refractivity contribution in [3.63, 3.8) is 0 Å². The Kier molecular flexibility index (Phi) is 7.91. The third-order valence-corrected chi connectivity index (χ3v) is 3.75. The predicted molar refractivity (Wildman–Crippen MR) is 79.4 cm³/mol. The summed E-state index contributed by atoms with van der Waals surface area (Å²) >= 11 is 0.